The maximum Gasteiger partial charge on any atom is 0.213 e. The van der Waals surface area contributed by atoms with Crippen LogP contribution >= 0.6 is 11.3 Å². The highest BCUT2D eigenvalue weighted by Gasteiger charge is 2.01. The van der Waals surface area contributed by atoms with E-state index in [1.807, 2.05) is 36.7 Å². The van der Waals surface area contributed by atoms with E-state index in [-0.39, 0.29) is 0 Å². The van der Waals surface area contributed by atoms with Crippen LogP contribution in [0.5, 0.6) is 0 Å². The van der Waals surface area contributed by atoms with E-state index in [9.17, 15) is 4.79 Å². The topological polar surface area (TPSA) is 79.3 Å². The predicted molar refractivity (Wildman–Crippen MR) is 96.9 cm³/mol. The average molecular weight is 337 g/mol. The Bertz CT molecular complexity index is 901. The van der Waals surface area contributed by atoms with Gasteiger partial charge in [-0.1, -0.05) is 12.1 Å². The predicted octanol–water partition coefficient (Wildman–Crippen LogP) is 3.08. The Balaban J connectivity index is 1.80. The van der Waals surface area contributed by atoms with Crippen LogP contribution < -0.4 is 10.6 Å². The maximum atomic E-state index is 10.8. The molecule has 0 unspecified atom stereocenters. The Morgan fingerprint density at radius 3 is 2.96 bits per heavy atom. The molecule has 6 nitrogen and oxygen atoms in total. The molecule has 1 aromatic carbocycles. The number of pyridine rings is 1. The number of aliphatic imine (C=N–C) groups is 1. The lowest BCUT2D eigenvalue weighted by atomic mass is 10.2. The number of carbonyl (C=O) groups excluding carboxylic acids is 1. The summed E-state index contributed by atoms with van der Waals surface area (Å²) in [4.78, 5) is 23.4. The van der Waals surface area contributed by atoms with Crippen molar-refractivity contribution in [3.8, 4) is 0 Å². The first-order valence-electron chi connectivity index (χ1n) is 7.23. The molecule has 0 aliphatic carbocycles. The Morgan fingerprint density at radius 1 is 1.25 bits per heavy atom. The minimum atomic E-state index is 0.316. The third-order valence-electron chi connectivity index (χ3n) is 3.13. The zero-order valence-electron chi connectivity index (χ0n) is 12.9. The lowest BCUT2D eigenvalue weighted by Crippen LogP contribution is -2.35. The fraction of sp³-hybridized carbons (Fsp3) is 0.0588. The summed E-state index contributed by atoms with van der Waals surface area (Å²) < 4.78 is 1.13. The molecular formula is C17H15N5OS. The summed E-state index contributed by atoms with van der Waals surface area (Å²) in [5, 5.41) is 5.62. The van der Waals surface area contributed by atoms with Gasteiger partial charge in [0.1, 0.15) is 0 Å². The molecule has 0 radical (unpaired) electrons. The molecule has 0 bridgehead atoms. The van der Waals surface area contributed by atoms with Crippen molar-refractivity contribution in [1.82, 2.24) is 20.6 Å². The van der Waals surface area contributed by atoms with Crippen molar-refractivity contribution >= 4 is 45.8 Å². The van der Waals surface area contributed by atoms with E-state index in [2.05, 4.69) is 31.7 Å². The number of amides is 1. The second-order valence-electron chi connectivity index (χ2n) is 4.94. The Morgan fingerprint density at radius 2 is 2.17 bits per heavy atom. The highest BCUT2D eigenvalue weighted by atomic mass is 32.1. The zero-order chi connectivity index (χ0) is 16.8. The summed E-state index contributed by atoms with van der Waals surface area (Å²) in [6.45, 7) is 1.90. The number of guanidine groups is 1. The van der Waals surface area contributed by atoms with Crippen molar-refractivity contribution in [3.63, 3.8) is 0 Å². The van der Waals surface area contributed by atoms with Crippen LogP contribution in [-0.4, -0.2) is 22.3 Å². The molecule has 2 N–H and O–H groups in total. The number of fused-ring (bicyclic) bond motifs is 1. The van der Waals surface area contributed by atoms with Gasteiger partial charge in [-0.3, -0.25) is 10.1 Å². The van der Waals surface area contributed by atoms with E-state index < -0.39 is 0 Å². The molecule has 7 heteroatoms. The van der Waals surface area contributed by atoms with Crippen molar-refractivity contribution in [1.29, 1.82) is 0 Å². The van der Waals surface area contributed by atoms with Gasteiger partial charge in [0.2, 0.25) is 12.4 Å². The van der Waals surface area contributed by atoms with Crippen molar-refractivity contribution in [2.45, 2.75) is 6.92 Å². The number of nitrogens with one attached hydrogen (secondary N) is 2. The average Bonchev–Trinajstić information content (AvgIpc) is 3.03. The van der Waals surface area contributed by atoms with Crippen LogP contribution in [0.2, 0.25) is 0 Å². The van der Waals surface area contributed by atoms with Crippen LogP contribution in [0.3, 0.4) is 0 Å². The Labute approximate surface area is 143 Å². The molecule has 120 valence electrons. The van der Waals surface area contributed by atoms with Crippen LogP contribution in [0.15, 0.2) is 58.8 Å². The first-order valence-corrected chi connectivity index (χ1v) is 8.11. The van der Waals surface area contributed by atoms with Gasteiger partial charge in [0, 0.05) is 11.9 Å². The maximum absolute atomic E-state index is 10.8. The van der Waals surface area contributed by atoms with Gasteiger partial charge in [-0.05, 0) is 42.8 Å². The summed E-state index contributed by atoms with van der Waals surface area (Å²) in [6, 6.07) is 11.4. The van der Waals surface area contributed by atoms with Crippen molar-refractivity contribution in [3.05, 3.63) is 59.4 Å². The van der Waals surface area contributed by atoms with Gasteiger partial charge in [-0.2, -0.15) is 4.99 Å². The van der Waals surface area contributed by atoms with Crippen molar-refractivity contribution in [2.24, 2.45) is 4.99 Å². The molecule has 0 fully saturated rings. The molecule has 0 atom stereocenters. The highest BCUT2D eigenvalue weighted by molar-refractivity contribution is 7.16. The summed E-state index contributed by atoms with van der Waals surface area (Å²) >= 11 is 1.60. The Kier molecular flexibility index (Phi) is 4.93. The smallest absolute Gasteiger partial charge is 0.213 e. The highest BCUT2D eigenvalue weighted by Crippen LogP contribution is 2.20. The lowest BCUT2D eigenvalue weighted by Gasteiger charge is -2.09. The molecule has 3 aromatic rings. The number of allylic oxidation sites excluding steroid dienone is 1. The first kappa shape index (κ1) is 15.8. The molecule has 0 spiro atoms. The normalized spacial score (nSPS) is 12.2. The summed E-state index contributed by atoms with van der Waals surface area (Å²) in [5.41, 5.74) is 4.69. The monoisotopic (exact) mass is 337 g/mol. The molecule has 0 aliphatic heterocycles. The standard InChI is InChI=1S/C17H15N5OS/c1-12(8-13-5-6-14-15(9-13)24-11-20-14)21-17(19-10-23)22-16-4-2-3-7-18-16/h2-11H,1H3,(H2,18,19,21,22,23)/b12-8-. The number of rotatable bonds is 4. The van der Waals surface area contributed by atoms with Gasteiger partial charge in [0.15, 0.2) is 5.82 Å². The summed E-state index contributed by atoms with van der Waals surface area (Å²) in [7, 11) is 0. The first-order chi connectivity index (χ1) is 11.7. The number of aromatic nitrogens is 2. The third-order valence-corrected chi connectivity index (χ3v) is 3.92. The summed E-state index contributed by atoms with van der Waals surface area (Å²) in [5.74, 6) is 0.824. The third kappa shape index (κ3) is 4.02. The number of benzene rings is 1. The minimum Gasteiger partial charge on any atom is -0.330 e. The van der Waals surface area contributed by atoms with Crippen molar-refractivity contribution in [2.75, 3.05) is 0 Å². The molecule has 1 amide bonds. The number of thiazole rings is 1. The van der Waals surface area contributed by atoms with Crippen LogP contribution in [0.4, 0.5) is 5.82 Å². The molecule has 0 saturated carbocycles. The lowest BCUT2D eigenvalue weighted by molar-refractivity contribution is -0.108. The van der Waals surface area contributed by atoms with Gasteiger partial charge < -0.3 is 5.32 Å². The van der Waals surface area contributed by atoms with Gasteiger partial charge >= 0.3 is 0 Å². The van der Waals surface area contributed by atoms with E-state index in [0.29, 0.717) is 18.2 Å². The van der Waals surface area contributed by atoms with Crippen molar-refractivity contribution < 1.29 is 4.79 Å². The fourth-order valence-corrected chi connectivity index (χ4v) is 2.85. The van der Waals surface area contributed by atoms with Gasteiger partial charge in [0.25, 0.3) is 0 Å². The molecule has 2 heterocycles. The van der Waals surface area contributed by atoms with E-state index in [1.165, 1.54) is 0 Å². The van der Waals surface area contributed by atoms with E-state index in [0.717, 1.165) is 21.5 Å². The summed E-state index contributed by atoms with van der Waals surface area (Å²) in [6.07, 6.45) is 4.19. The second-order valence-corrected chi connectivity index (χ2v) is 5.83. The fourth-order valence-electron chi connectivity index (χ4n) is 2.12. The zero-order valence-corrected chi connectivity index (χ0v) is 13.7. The number of nitrogens with zero attached hydrogens (tertiary/aromatic N) is 3. The van der Waals surface area contributed by atoms with Crippen LogP contribution in [0, 0.1) is 0 Å². The number of hydrogen-bond donors (Lipinski definition) is 2. The van der Waals surface area contributed by atoms with Gasteiger partial charge in [0.05, 0.1) is 15.7 Å². The van der Waals surface area contributed by atoms with Crippen LogP contribution in [0.25, 0.3) is 16.3 Å². The molecule has 3 rings (SSSR count). The quantitative estimate of drug-likeness (QED) is 0.436. The molecule has 2 aromatic heterocycles. The van der Waals surface area contributed by atoms with E-state index in [4.69, 9.17) is 0 Å². The molecule has 24 heavy (non-hydrogen) atoms. The molecule has 0 saturated heterocycles. The second kappa shape index (κ2) is 7.47. The van der Waals surface area contributed by atoms with Gasteiger partial charge in [-0.15, -0.1) is 11.3 Å². The minimum absolute atomic E-state index is 0.316. The molecule has 0 aliphatic rings. The SMILES string of the molecule is C/C(=C/c1ccc2ncsc2c1)NC(=Nc1ccccn1)NC=O. The number of hydrogen-bond acceptors (Lipinski definition) is 5. The van der Waals surface area contributed by atoms with E-state index in [1.54, 1.807) is 29.7 Å². The Hall–Kier alpha value is -3.06. The number of carbonyl (C=O) groups is 1. The van der Waals surface area contributed by atoms with Gasteiger partial charge in [-0.25, -0.2) is 9.97 Å². The van der Waals surface area contributed by atoms with Crippen LogP contribution in [-0.2, 0) is 4.79 Å². The molecular weight excluding hydrogens is 322 g/mol. The van der Waals surface area contributed by atoms with E-state index >= 15 is 0 Å². The largest absolute Gasteiger partial charge is 0.330 e. The van der Waals surface area contributed by atoms with Crippen LogP contribution in [0.1, 0.15) is 12.5 Å².